The van der Waals surface area contributed by atoms with Crippen LogP contribution in [0.15, 0.2) is 0 Å². The van der Waals surface area contributed by atoms with Crippen molar-refractivity contribution in [1.29, 1.82) is 15.8 Å². The molecular formula is C28H52N6O6S3. The molecule has 0 amide bonds. The second kappa shape index (κ2) is 25.5. The third-order valence-corrected chi connectivity index (χ3v) is 14.7. The Morgan fingerprint density at radius 3 is 0.814 bits per heavy atom. The average molecular weight is 665 g/mol. The predicted octanol–water partition coefficient (Wildman–Crippen LogP) is 4.79. The fourth-order valence-electron chi connectivity index (χ4n) is 4.46. The molecule has 0 heterocycles. The number of nitriles is 3. The summed E-state index contributed by atoms with van der Waals surface area (Å²) in [6, 6.07) is 6.26. The summed E-state index contributed by atoms with van der Waals surface area (Å²) >= 11 is 0. The van der Waals surface area contributed by atoms with Gasteiger partial charge < -0.3 is 0 Å². The van der Waals surface area contributed by atoms with Gasteiger partial charge in [0, 0.05) is 38.9 Å². The maximum atomic E-state index is 13.1. The third kappa shape index (κ3) is 21.5. The molecule has 0 bridgehead atoms. The molecule has 0 aromatic heterocycles. The molecule has 0 aromatic carbocycles. The van der Waals surface area contributed by atoms with E-state index in [4.69, 9.17) is 15.8 Å². The molecule has 0 saturated carbocycles. The van der Waals surface area contributed by atoms with E-state index in [1.165, 1.54) is 0 Å². The summed E-state index contributed by atoms with van der Waals surface area (Å²) in [7, 11) is -14.4. The van der Waals surface area contributed by atoms with Crippen LogP contribution in [0.25, 0.3) is 0 Å². The second-order valence-corrected chi connectivity index (χ2v) is 17.1. The maximum Gasteiger partial charge on any atom is 0.303 e. The Hall–Kier alpha value is -1.80. The zero-order valence-electron chi connectivity index (χ0n) is 25.6. The fourth-order valence-corrected chi connectivity index (χ4v) is 11.4. The smallest absolute Gasteiger partial charge is 0.213 e. The molecule has 0 aliphatic rings. The molecule has 0 atom stereocenters. The van der Waals surface area contributed by atoms with Gasteiger partial charge in [-0.3, -0.25) is 0 Å². The van der Waals surface area contributed by atoms with Crippen LogP contribution in [0.3, 0.4) is 0 Å². The van der Waals surface area contributed by atoms with Gasteiger partial charge in [-0.05, 0) is 38.5 Å². The fraction of sp³-hybridized carbons (Fsp3) is 0.893. The Balaban J connectivity index is 5.08. The highest BCUT2D eigenvalue weighted by molar-refractivity contribution is 8.22. The van der Waals surface area contributed by atoms with Crippen molar-refractivity contribution in [2.45, 2.75) is 139 Å². The topological polar surface area (TPSA) is 210 Å². The van der Waals surface area contributed by atoms with Gasteiger partial charge in [0.05, 0.1) is 18.2 Å². The van der Waals surface area contributed by atoms with E-state index in [1.54, 1.807) is 0 Å². The van der Waals surface area contributed by atoms with Crippen molar-refractivity contribution in [2.75, 3.05) is 19.6 Å². The first-order valence-corrected chi connectivity index (χ1v) is 20.3. The highest BCUT2D eigenvalue weighted by Gasteiger charge is 2.48. The highest BCUT2D eigenvalue weighted by atomic mass is 32.3. The molecular weight excluding hydrogens is 613 g/mol. The van der Waals surface area contributed by atoms with Gasteiger partial charge in [0.25, 0.3) is 0 Å². The van der Waals surface area contributed by atoms with Gasteiger partial charge in [0.15, 0.2) is 0 Å². The van der Waals surface area contributed by atoms with E-state index in [0.717, 1.165) is 77.0 Å². The van der Waals surface area contributed by atoms with Crippen LogP contribution in [0.5, 0.6) is 0 Å². The third-order valence-electron chi connectivity index (χ3n) is 6.82. The van der Waals surface area contributed by atoms with E-state index in [1.807, 2.05) is 0 Å². The van der Waals surface area contributed by atoms with Crippen molar-refractivity contribution < 1.29 is 25.3 Å². The maximum absolute atomic E-state index is 13.1. The van der Waals surface area contributed by atoms with Gasteiger partial charge in [-0.25, -0.2) is 39.4 Å². The van der Waals surface area contributed by atoms with Crippen molar-refractivity contribution >= 4 is 30.1 Å². The first-order valence-electron chi connectivity index (χ1n) is 15.6. The minimum atomic E-state index is -4.80. The molecule has 0 spiro atoms. The Morgan fingerprint density at radius 1 is 0.372 bits per heavy atom. The molecule has 43 heavy (non-hydrogen) atoms. The van der Waals surface area contributed by atoms with Crippen LogP contribution in [-0.2, 0) is 30.1 Å². The summed E-state index contributed by atoms with van der Waals surface area (Å²) in [5, 5.41) is 25.7. The molecule has 248 valence electrons. The minimum absolute atomic E-state index is 0.0837. The average Bonchev–Trinajstić information content (AvgIpc) is 2.94. The Bertz CT molecular complexity index is 1030. The van der Waals surface area contributed by atoms with Crippen molar-refractivity contribution in [2.24, 2.45) is 0 Å². The number of hydrogen-bond donors (Lipinski definition) is 3. The Labute approximate surface area is 261 Å². The second-order valence-electron chi connectivity index (χ2n) is 10.7. The van der Waals surface area contributed by atoms with Crippen LogP contribution in [0.4, 0.5) is 0 Å². The van der Waals surface area contributed by atoms with E-state index >= 15 is 0 Å². The molecule has 0 saturated heterocycles. The number of nitrogens with one attached hydrogen (secondary N) is 3. The first-order chi connectivity index (χ1) is 20.5. The standard InChI is InChI=1S/C28H52N6O6S3/c29-22-16-10-4-1-7-13-19-25-32-41(35,36)28(42(37,38)33-26-20-14-8-2-5-11-17-23-30)43(39,40)34-27-21-15-9-3-6-12-18-24-31/h28,32-34H,1-21,25-27H2. The molecule has 15 heteroatoms. The molecule has 0 radical (unpaired) electrons. The zero-order valence-corrected chi connectivity index (χ0v) is 28.0. The molecule has 0 unspecified atom stereocenters. The summed E-state index contributed by atoms with van der Waals surface area (Å²) in [4.78, 5) is 0. The highest BCUT2D eigenvalue weighted by Crippen LogP contribution is 2.16. The van der Waals surface area contributed by atoms with E-state index in [2.05, 4.69) is 32.4 Å². The van der Waals surface area contributed by atoms with Crippen molar-refractivity contribution in [3.8, 4) is 18.2 Å². The monoisotopic (exact) mass is 664 g/mol. The molecule has 0 rings (SSSR count). The van der Waals surface area contributed by atoms with E-state index in [0.29, 0.717) is 57.8 Å². The van der Waals surface area contributed by atoms with Crippen molar-refractivity contribution in [3.63, 3.8) is 0 Å². The SMILES string of the molecule is N#CCCCCCCCCNS(=O)(=O)C(S(=O)(=O)NCCCCCCCCC#N)S(=O)(=O)NCCCCCCCCC#N. The van der Waals surface area contributed by atoms with Crippen LogP contribution < -0.4 is 14.2 Å². The van der Waals surface area contributed by atoms with Gasteiger partial charge >= 0.3 is 3.91 Å². The quantitative estimate of drug-likeness (QED) is 0.0900. The lowest BCUT2D eigenvalue weighted by Gasteiger charge is -2.20. The minimum Gasteiger partial charge on any atom is -0.213 e. The number of hydrogen-bond acceptors (Lipinski definition) is 9. The zero-order chi connectivity index (χ0) is 32.3. The first kappa shape index (κ1) is 41.2. The largest absolute Gasteiger partial charge is 0.303 e. The lowest BCUT2D eigenvalue weighted by atomic mass is 10.1. The van der Waals surface area contributed by atoms with Crippen LogP contribution in [-0.4, -0.2) is 48.8 Å². The molecule has 0 aliphatic carbocycles. The van der Waals surface area contributed by atoms with Crippen molar-refractivity contribution in [1.82, 2.24) is 14.2 Å². The van der Waals surface area contributed by atoms with Gasteiger partial charge in [0.2, 0.25) is 30.1 Å². The molecule has 3 N–H and O–H groups in total. The lowest BCUT2D eigenvalue weighted by Crippen LogP contribution is -2.53. The van der Waals surface area contributed by atoms with Gasteiger partial charge in [-0.1, -0.05) is 77.0 Å². The van der Waals surface area contributed by atoms with Gasteiger partial charge in [0.1, 0.15) is 0 Å². The molecule has 0 fully saturated rings. The van der Waals surface area contributed by atoms with Crippen LogP contribution in [0.1, 0.15) is 135 Å². The van der Waals surface area contributed by atoms with Gasteiger partial charge in [-0.2, -0.15) is 15.8 Å². The normalized spacial score (nSPS) is 12.1. The van der Waals surface area contributed by atoms with E-state index < -0.39 is 34.0 Å². The molecule has 12 nitrogen and oxygen atoms in total. The summed E-state index contributed by atoms with van der Waals surface area (Å²) in [5.41, 5.74) is 0. The van der Waals surface area contributed by atoms with Crippen LogP contribution in [0.2, 0.25) is 0 Å². The summed E-state index contributed by atoms with van der Waals surface area (Å²) in [6.07, 6.45) is 15.1. The van der Waals surface area contributed by atoms with Crippen LogP contribution >= 0.6 is 0 Å². The lowest BCUT2D eigenvalue weighted by molar-refractivity contribution is 0.545. The number of nitrogens with zero attached hydrogens (tertiary/aromatic N) is 3. The number of unbranched alkanes of at least 4 members (excludes halogenated alkanes) is 18. The number of sulfonamides is 3. The summed E-state index contributed by atoms with van der Waals surface area (Å²) in [5.74, 6) is 0. The molecule has 0 aromatic rings. The van der Waals surface area contributed by atoms with E-state index in [-0.39, 0.29) is 19.6 Å². The Morgan fingerprint density at radius 2 is 0.581 bits per heavy atom. The number of rotatable bonds is 30. The molecule has 0 aliphatic heterocycles. The van der Waals surface area contributed by atoms with Crippen LogP contribution in [0, 0.1) is 34.0 Å². The summed E-state index contributed by atoms with van der Waals surface area (Å²) in [6.45, 7) is -0.251. The Kier molecular flexibility index (Phi) is 24.5. The summed E-state index contributed by atoms with van der Waals surface area (Å²) < 4.78 is 82.6. The predicted molar refractivity (Wildman–Crippen MR) is 168 cm³/mol. The van der Waals surface area contributed by atoms with Crippen molar-refractivity contribution in [3.05, 3.63) is 0 Å². The van der Waals surface area contributed by atoms with Gasteiger partial charge in [-0.15, -0.1) is 0 Å². The van der Waals surface area contributed by atoms with E-state index in [9.17, 15) is 25.3 Å².